The van der Waals surface area contributed by atoms with Crippen LogP contribution in [-0.2, 0) is 14.4 Å². The molecule has 1 N–H and O–H groups in total. The second-order valence-electron chi connectivity index (χ2n) is 5.99. The van der Waals surface area contributed by atoms with Crippen molar-refractivity contribution in [2.24, 2.45) is 0 Å². The standard InChI is InChI=1S/C20H22N2O4/c1-2-3-5-12-17(23)18(24)14-22-13-8-11-16(22)20(26)21-19(25)15-9-6-4-7-10-15/h2-7,9-10,12,16H,8,11,13-14H2,1H3,(H,21,25,26)/b3-2+,12-5+/t16-/m0/s1. The second kappa shape index (κ2) is 9.58. The molecule has 136 valence electrons. The Labute approximate surface area is 152 Å². The van der Waals surface area contributed by atoms with E-state index in [9.17, 15) is 19.2 Å². The van der Waals surface area contributed by atoms with Gasteiger partial charge in [0.1, 0.15) is 0 Å². The van der Waals surface area contributed by atoms with Crippen molar-refractivity contribution in [2.75, 3.05) is 13.1 Å². The summed E-state index contributed by atoms with van der Waals surface area (Å²) in [6.45, 7) is 2.21. The van der Waals surface area contributed by atoms with Crippen LogP contribution in [0.1, 0.15) is 30.1 Å². The first kappa shape index (κ1) is 19.5. The van der Waals surface area contributed by atoms with E-state index < -0.39 is 29.4 Å². The number of nitrogens with one attached hydrogen (secondary N) is 1. The number of allylic oxidation sites excluding steroid dienone is 4. The number of imide groups is 1. The molecule has 2 rings (SSSR count). The molecule has 1 aliphatic rings. The average Bonchev–Trinajstić information content (AvgIpc) is 3.10. The third kappa shape index (κ3) is 5.32. The fraction of sp³-hybridized carbons (Fsp3) is 0.300. The van der Waals surface area contributed by atoms with Gasteiger partial charge in [0.05, 0.1) is 12.6 Å². The molecule has 1 aromatic carbocycles. The fourth-order valence-corrected chi connectivity index (χ4v) is 2.78. The van der Waals surface area contributed by atoms with E-state index >= 15 is 0 Å². The van der Waals surface area contributed by atoms with E-state index in [2.05, 4.69) is 5.32 Å². The van der Waals surface area contributed by atoms with E-state index in [1.165, 1.54) is 12.2 Å². The molecular formula is C20H22N2O4. The molecule has 0 saturated carbocycles. The molecule has 1 fully saturated rings. The van der Waals surface area contributed by atoms with E-state index in [1.807, 2.05) is 0 Å². The molecule has 2 amide bonds. The monoisotopic (exact) mass is 354 g/mol. The minimum atomic E-state index is -0.602. The van der Waals surface area contributed by atoms with Gasteiger partial charge in [0.15, 0.2) is 0 Å². The summed E-state index contributed by atoms with van der Waals surface area (Å²) in [7, 11) is 0. The molecule has 0 bridgehead atoms. The highest BCUT2D eigenvalue weighted by Gasteiger charge is 2.33. The van der Waals surface area contributed by atoms with Crippen LogP contribution in [0.3, 0.4) is 0 Å². The van der Waals surface area contributed by atoms with Gasteiger partial charge in [-0.15, -0.1) is 0 Å². The lowest BCUT2D eigenvalue weighted by Gasteiger charge is -2.22. The zero-order valence-corrected chi connectivity index (χ0v) is 14.7. The maximum atomic E-state index is 12.4. The Hall–Kier alpha value is -2.86. The SMILES string of the molecule is C/C=C/C=C/C(=O)C(=O)CN1CCC[C@H]1C(=O)NC(=O)c1ccccc1. The minimum absolute atomic E-state index is 0.128. The van der Waals surface area contributed by atoms with Gasteiger partial charge in [0.2, 0.25) is 17.5 Å². The molecule has 1 saturated heterocycles. The fourth-order valence-electron chi connectivity index (χ4n) is 2.78. The summed E-state index contributed by atoms with van der Waals surface area (Å²) in [6.07, 6.45) is 7.40. The van der Waals surface area contributed by atoms with E-state index in [1.54, 1.807) is 54.3 Å². The summed E-state index contributed by atoms with van der Waals surface area (Å²) in [4.78, 5) is 50.0. The average molecular weight is 354 g/mol. The Morgan fingerprint density at radius 3 is 2.58 bits per heavy atom. The van der Waals surface area contributed by atoms with Crippen molar-refractivity contribution in [3.05, 3.63) is 60.2 Å². The molecular weight excluding hydrogens is 332 g/mol. The normalized spacial score (nSPS) is 17.7. The first-order valence-electron chi connectivity index (χ1n) is 8.53. The van der Waals surface area contributed by atoms with Gasteiger partial charge in [-0.05, 0) is 44.5 Å². The number of nitrogens with zero attached hydrogens (tertiary/aromatic N) is 1. The minimum Gasteiger partial charge on any atom is -0.291 e. The Morgan fingerprint density at radius 2 is 1.88 bits per heavy atom. The van der Waals surface area contributed by atoms with Gasteiger partial charge in [-0.1, -0.05) is 36.4 Å². The number of hydrogen-bond donors (Lipinski definition) is 1. The van der Waals surface area contributed by atoms with Crippen molar-refractivity contribution < 1.29 is 19.2 Å². The van der Waals surface area contributed by atoms with Crippen LogP contribution in [0.2, 0.25) is 0 Å². The number of ketones is 2. The number of carbonyl (C=O) groups excluding carboxylic acids is 4. The van der Waals surface area contributed by atoms with Crippen LogP contribution in [0.25, 0.3) is 0 Å². The van der Waals surface area contributed by atoms with Crippen LogP contribution in [0.15, 0.2) is 54.6 Å². The second-order valence-corrected chi connectivity index (χ2v) is 5.99. The third-order valence-electron chi connectivity index (χ3n) is 4.11. The van der Waals surface area contributed by atoms with E-state index in [0.717, 1.165) is 6.42 Å². The van der Waals surface area contributed by atoms with E-state index in [-0.39, 0.29) is 6.54 Å². The largest absolute Gasteiger partial charge is 0.291 e. The molecule has 1 atom stereocenters. The van der Waals surface area contributed by atoms with Gasteiger partial charge < -0.3 is 0 Å². The van der Waals surface area contributed by atoms with Gasteiger partial charge in [0.25, 0.3) is 5.91 Å². The maximum absolute atomic E-state index is 12.4. The highest BCUT2D eigenvalue weighted by atomic mass is 16.2. The summed E-state index contributed by atoms with van der Waals surface area (Å²) < 4.78 is 0. The molecule has 0 unspecified atom stereocenters. The van der Waals surface area contributed by atoms with Crippen LogP contribution in [0, 0.1) is 0 Å². The topological polar surface area (TPSA) is 83.6 Å². The Balaban J connectivity index is 1.94. The van der Waals surface area contributed by atoms with E-state index in [0.29, 0.717) is 18.5 Å². The predicted octanol–water partition coefficient (Wildman–Crippen LogP) is 1.68. The van der Waals surface area contributed by atoms with Crippen molar-refractivity contribution in [3.63, 3.8) is 0 Å². The van der Waals surface area contributed by atoms with Gasteiger partial charge in [-0.2, -0.15) is 0 Å². The molecule has 0 radical (unpaired) electrons. The Morgan fingerprint density at radius 1 is 1.15 bits per heavy atom. The van der Waals surface area contributed by atoms with Crippen molar-refractivity contribution >= 4 is 23.4 Å². The highest BCUT2D eigenvalue weighted by Crippen LogP contribution is 2.17. The van der Waals surface area contributed by atoms with Gasteiger partial charge >= 0.3 is 0 Å². The van der Waals surface area contributed by atoms with E-state index in [4.69, 9.17) is 0 Å². The molecule has 1 aliphatic heterocycles. The number of likely N-dealkylation sites (tertiary alicyclic amines) is 1. The molecule has 1 heterocycles. The van der Waals surface area contributed by atoms with Crippen molar-refractivity contribution in [3.8, 4) is 0 Å². The number of Topliss-reactive ketones (excluding diaryl/α,β-unsaturated/α-hetero) is 1. The molecule has 26 heavy (non-hydrogen) atoms. The third-order valence-corrected chi connectivity index (χ3v) is 4.11. The lowest BCUT2D eigenvalue weighted by atomic mass is 10.1. The lowest BCUT2D eigenvalue weighted by molar-refractivity contribution is -0.135. The molecule has 6 nitrogen and oxygen atoms in total. The molecule has 6 heteroatoms. The number of hydrogen-bond acceptors (Lipinski definition) is 5. The Bertz CT molecular complexity index is 737. The van der Waals surface area contributed by atoms with Crippen LogP contribution in [-0.4, -0.2) is 47.4 Å². The van der Waals surface area contributed by atoms with Gasteiger partial charge in [-0.25, -0.2) is 0 Å². The number of rotatable bonds is 7. The lowest BCUT2D eigenvalue weighted by Crippen LogP contribution is -2.47. The Kier molecular flexibility index (Phi) is 7.17. The number of amides is 2. The highest BCUT2D eigenvalue weighted by molar-refractivity contribution is 6.42. The summed E-state index contributed by atoms with van der Waals surface area (Å²) in [5.74, 6) is -2.09. The van der Waals surface area contributed by atoms with Crippen molar-refractivity contribution in [1.29, 1.82) is 0 Å². The summed E-state index contributed by atoms with van der Waals surface area (Å²) in [5.41, 5.74) is 0.394. The zero-order valence-electron chi connectivity index (χ0n) is 14.7. The molecule has 0 spiro atoms. The van der Waals surface area contributed by atoms with Gasteiger partial charge in [0, 0.05) is 5.56 Å². The first-order valence-corrected chi connectivity index (χ1v) is 8.53. The molecule has 0 aliphatic carbocycles. The van der Waals surface area contributed by atoms with Crippen LogP contribution in [0.4, 0.5) is 0 Å². The van der Waals surface area contributed by atoms with Gasteiger partial charge in [-0.3, -0.25) is 29.4 Å². The smallest absolute Gasteiger partial charge is 0.257 e. The molecule has 1 aromatic rings. The quantitative estimate of drug-likeness (QED) is 0.349. The number of carbonyl (C=O) groups is 4. The summed E-state index contributed by atoms with van der Waals surface area (Å²) in [6, 6.07) is 7.87. The molecule has 0 aromatic heterocycles. The number of benzene rings is 1. The van der Waals surface area contributed by atoms with Crippen LogP contribution >= 0.6 is 0 Å². The first-order chi connectivity index (χ1) is 12.5. The van der Waals surface area contributed by atoms with Crippen molar-refractivity contribution in [1.82, 2.24) is 10.2 Å². The van der Waals surface area contributed by atoms with Crippen LogP contribution in [0.5, 0.6) is 0 Å². The van der Waals surface area contributed by atoms with Crippen molar-refractivity contribution in [2.45, 2.75) is 25.8 Å². The summed E-state index contributed by atoms with van der Waals surface area (Å²) >= 11 is 0. The maximum Gasteiger partial charge on any atom is 0.257 e. The predicted molar refractivity (Wildman–Crippen MR) is 97.5 cm³/mol. The summed E-state index contributed by atoms with van der Waals surface area (Å²) in [5, 5.41) is 2.37. The van der Waals surface area contributed by atoms with Crippen LogP contribution < -0.4 is 5.32 Å². The zero-order chi connectivity index (χ0) is 18.9.